The average molecular weight is 203 g/mol. The van der Waals surface area contributed by atoms with Gasteiger partial charge in [-0.3, -0.25) is 0 Å². The zero-order chi connectivity index (χ0) is 9.73. The Morgan fingerprint density at radius 1 is 1.38 bits per heavy atom. The first-order chi connectivity index (χ1) is 6.14. The molecule has 74 valence electrons. The Morgan fingerprint density at radius 3 is 2.69 bits per heavy atom. The molecule has 13 heavy (non-hydrogen) atoms. The first-order valence-electron chi connectivity index (χ1n) is 4.05. The largest absolute Gasteiger partial charge is 0.472 e. The summed E-state index contributed by atoms with van der Waals surface area (Å²) >= 11 is 0. The van der Waals surface area contributed by atoms with Gasteiger partial charge in [0.15, 0.2) is 9.84 Å². The lowest BCUT2D eigenvalue weighted by molar-refractivity contribution is 0.564. The third-order valence-electron chi connectivity index (χ3n) is 1.71. The molecule has 4 nitrogen and oxygen atoms in total. The van der Waals surface area contributed by atoms with E-state index in [1.807, 2.05) is 0 Å². The monoisotopic (exact) mass is 203 g/mol. The second kappa shape index (κ2) is 4.43. The first kappa shape index (κ1) is 10.3. The molecule has 0 radical (unpaired) electrons. The highest BCUT2D eigenvalue weighted by Crippen LogP contribution is 2.03. The van der Waals surface area contributed by atoms with Gasteiger partial charge in [0.05, 0.1) is 24.0 Å². The van der Waals surface area contributed by atoms with Crippen molar-refractivity contribution in [2.45, 2.75) is 6.42 Å². The summed E-state index contributed by atoms with van der Waals surface area (Å²) in [5, 5.41) is 0. The molecule has 0 spiro atoms. The molecule has 0 aliphatic rings. The van der Waals surface area contributed by atoms with Gasteiger partial charge in [-0.05, 0) is 18.1 Å². The van der Waals surface area contributed by atoms with Crippen molar-refractivity contribution >= 4 is 9.84 Å². The van der Waals surface area contributed by atoms with Crippen LogP contribution in [0.4, 0.5) is 0 Å². The van der Waals surface area contributed by atoms with Gasteiger partial charge < -0.3 is 10.2 Å². The molecule has 0 aliphatic carbocycles. The van der Waals surface area contributed by atoms with Gasteiger partial charge in [0, 0.05) is 6.54 Å². The summed E-state index contributed by atoms with van der Waals surface area (Å²) in [6.07, 6.45) is 3.59. The highest BCUT2D eigenvalue weighted by atomic mass is 32.2. The summed E-state index contributed by atoms with van der Waals surface area (Å²) in [5.74, 6) is 0.203. The molecule has 0 atom stereocenters. The normalized spacial score (nSPS) is 11.8. The number of nitrogens with two attached hydrogens (primary N) is 1. The van der Waals surface area contributed by atoms with E-state index in [9.17, 15) is 8.42 Å². The van der Waals surface area contributed by atoms with Crippen LogP contribution in [0.15, 0.2) is 23.0 Å². The number of hydrogen-bond donors (Lipinski definition) is 1. The average Bonchev–Trinajstić information content (AvgIpc) is 2.52. The maximum atomic E-state index is 11.2. The van der Waals surface area contributed by atoms with E-state index in [0.29, 0.717) is 6.42 Å². The summed E-state index contributed by atoms with van der Waals surface area (Å²) in [4.78, 5) is 0. The highest BCUT2D eigenvalue weighted by molar-refractivity contribution is 7.91. The maximum absolute atomic E-state index is 11.2. The van der Waals surface area contributed by atoms with Gasteiger partial charge in [-0.25, -0.2) is 8.42 Å². The smallest absolute Gasteiger partial charge is 0.151 e. The van der Waals surface area contributed by atoms with Gasteiger partial charge in [0.2, 0.25) is 0 Å². The molecule has 1 rings (SSSR count). The minimum Gasteiger partial charge on any atom is -0.472 e. The van der Waals surface area contributed by atoms with Crippen LogP contribution < -0.4 is 5.73 Å². The van der Waals surface area contributed by atoms with E-state index >= 15 is 0 Å². The maximum Gasteiger partial charge on any atom is 0.151 e. The quantitative estimate of drug-likeness (QED) is 0.741. The predicted octanol–water partition coefficient (Wildman–Crippen LogP) is 0.196. The van der Waals surface area contributed by atoms with E-state index in [0.717, 1.165) is 5.56 Å². The summed E-state index contributed by atoms with van der Waals surface area (Å²) in [6.45, 7) is 0.188. The van der Waals surface area contributed by atoms with Gasteiger partial charge in [0.1, 0.15) is 0 Å². The van der Waals surface area contributed by atoms with Gasteiger partial charge in [0.25, 0.3) is 0 Å². The lowest BCUT2D eigenvalue weighted by atomic mass is 10.3. The van der Waals surface area contributed by atoms with Gasteiger partial charge in [-0.1, -0.05) is 0 Å². The SMILES string of the molecule is NCCS(=O)(=O)CCc1ccoc1. The van der Waals surface area contributed by atoms with E-state index in [1.165, 1.54) is 6.26 Å². The number of aryl methyl sites for hydroxylation is 1. The van der Waals surface area contributed by atoms with E-state index in [1.54, 1.807) is 12.3 Å². The Morgan fingerprint density at radius 2 is 2.15 bits per heavy atom. The Hall–Kier alpha value is -0.810. The van der Waals surface area contributed by atoms with Gasteiger partial charge in [-0.15, -0.1) is 0 Å². The van der Waals surface area contributed by atoms with Gasteiger partial charge >= 0.3 is 0 Å². The fourth-order valence-corrected chi connectivity index (χ4v) is 2.10. The van der Waals surface area contributed by atoms with Crippen molar-refractivity contribution in [1.29, 1.82) is 0 Å². The molecule has 0 aromatic carbocycles. The molecule has 5 heteroatoms. The molecule has 1 aromatic heterocycles. The minimum atomic E-state index is -2.97. The summed E-state index contributed by atoms with van der Waals surface area (Å²) < 4.78 is 27.3. The fraction of sp³-hybridized carbons (Fsp3) is 0.500. The molecule has 0 aliphatic heterocycles. The second-order valence-corrected chi connectivity index (χ2v) is 5.13. The molecular formula is C8H13NO3S. The number of sulfone groups is 1. The molecule has 0 saturated carbocycles. The number of rotatable bonds is 5. The zero-order valence-corrected chi connectivity index (χ0v) is 8.09. The summed E-state index contributed by atoms with van der Waals surface area (Å²) in [6, 6.07) is 1.76. The molecular weight excluding hydrogens is 190 g/mol. The van der Waals surface area contributed by atoms with Crippen molar-refractivity contribution in [3.8, 4) is 0 Å². The molecule has 0 amide bonds. The van der Waals surface area contributed by atoms with E-state index < -0.39 is 9.84 Å². The van der Waals surface area contributed by atoms with Crippen LogP contribution in [0, 0.1) is 0 Å². The van der Waals surface area contributed by atoms with Crippen LogP contribution in [0.5, 0.6) is 0 Å². The standard InChI is InChI=1S/C8H13NO3S/c9-3-6-13(10,11)5-2-8-1-4-12-7-8/h1,4,7H,2-3,5-6,9H2. The Balaban J connectivity index is 2.43. The molecule has 1 aromatic rings. The fourth-order valence-electron chi connectivity index (χ4n) is 0.990. The first-order valence-corrected chi connectivity index (χ1v) is 5.88. The van der Waals surface area contributed by atoms with Crippen molar-refractivity contribution in [2.24, 2.45) is 5.73 Å². The van der Waals surface area contributed by atoms with Crippen LogP contribution in [0.25, 0.3) is 0 Å². The van der Waals surface area contributed by atoms with E-state index in [-0.39, 0.29) is 18.1 Å². The molecule has 0 fully saturated rings. The van der Waals surface area contributed by atoms with E-state index in [4.69, 9.17) is 10.2 Å². The van der Waals surface area contributed by atoms with Crippen molar-refractivity contribution in [3.63, 3.8) is 0 Å². The Bertz CT molecular complexity index is 328. The minimum absolute atomic E-state index is 0.0604. The second-order valence-electron chi connectivity index (χ2n) is 2.82. The predicted molar refractivity (Wildman–Crippen MR) is 50.1 cm³/mol. The van der Waals surface area contributed by atoms with Crippen molar-refractivity contribution in [3.05, 3.63) is 24.2 Å². The zero-order valence-electron chi connectivity index (χ0n) is 7.27. The molecule has 1 heterocycles. The van der Waals surface area contributed by atoms with Crippen LogP contribution in [-0.2, 0) is 16.3 Å². The molecule has 0 unspecified atom stereocenters. The Labute approximate surface area is 77.7 Å². The Kier molecular flexibility index (Phi) is 3.50. The van der Waals surface area contributed by atoms with Crippen molar-refractivity contribution < 1.29 is 12.8 Å². The van der Waals surface area contributed by atoms with Crippen LogP contribution >= 0.6 is 0 Å². The summed E-state index contributed by atoms with van der Waals surface area (Å²) in [7, 11) is -2.97. The lowest BCUT2D eigenvalue weighted by Gasteiger charge is -1.99. The van der Waals surface area contributed by atoms with Crippen molar-refractivity contribution in [1.82, 2.24) is 0 Å². The van der Waals surface area contributed by atoms with Crippen molar-refractivity contribution in [2.75, 3.05) is 18.1 Å². The third-order valence-corrected chi connectivity index (χ3v) is 3.39. The van der Waals surface area contributed by atoms with Crippen LogP contribution in [0.3, 0.4) is 0 Å². The van der Waals surface area contributed by atoms with Crippen LogP contribution in [0.2, 0.25) is 0 Å². The number of furan rings is 1. The summed E-state index contributed by atoms with van der Waals surface area (Å²) in [5.41, 5.74) is 6.07. The molecule has 0 saturated heterocycles. The number of hydrogen-bond acceptors (Lipinski definition) is 4. The topological polar surface area (TPSA) is 73.3 Å². The van der Waals surface area contributed by atoms with Crippen LogP contribution in [-0.4, -0.2) is 26.5 Å². The molecule has 0 bridgehead atoms. The lowest BCUT2D eigenvalue weighted by Crippen LogP contribution is -2.19. The third kappa shape index (κ3) is 3.61. The molecule has 2 N–H and O–H groups in total. The van der Waals surface area contributed by atoms with Crippen LogP contribution in [0.1, 0.15) is 5.56 Å². The van der Waals surface area contributed by atoms with Gasteiger partial charge in [-0.2, -0.15) is 0 Å². The highest BCUT2D eigenvalue weighted by Gasteiger charge is 2.09. The van der Waals surface area contributed by atoms with E-state index in [2.05, 4.69) is 0 Å².